The van der Waals surface area contributed by atoms with E-state index in [0.29, 0.717) is 56.8 Å². The second kappa shape index (κ2) is 11.7. The van der Waals surface area contributed by atoms with Crippen molar-refractivity contribution in [3.63, 3.8) is 0 Å². The topological polar surface area (TPSA) is 89.1 Å². The molecule has 0 radical (unpaired) electrons. The molecule has 0 saturated carbocycles. The normalized spacial score (nSPS) is 19.1. The molecule has 9 nitrogen and oxygen atoms in total. The summed E-state index contributed by atoms with van der Waals surface area (Å²) in [6.07, 6.45) is 2.06. The number of hydrogen-bond donors (Lipinski definition) is 1. The first kappa shape index (κ1) is 28.4. The first-order chi connectivity index (χ1) is 19.1. The Hall–Kier alpha value is -3.18. The molecule has 1 amide bonds. The van der Waals surface area contributed by atoms with Crippen molar-refractivity contribution < 1.29 is 23.4 Å². The van der Waals surface area contributed by atoms with E-state index in [9.17, 15) is 9.18 Å². The monoisotopic (exact) mass is 615 g/mol. The molecule has 0 aliphatic carbocycles. The molecule has 2 fully saturated rings. The Morgan fingerprint density at radius 3 is 2.52 bits per heavy atom. The molecule has 214 valence electrons. The third kappa shape index (κ3) is 6.58. The highest BCUT2D eigenvalue weighted by molar-refractivity contribution is 9.10. The molecule has 5 rings (SSSR count). The van der Waals surface area contributed by atoms with Gasteiger partial charge in [0.05, 0.1) is 24.9 Å². The lowest BCUT2D eigenvalue weighted by Gasteiger charge is -2.26. The second-order valence-electron chi connectivity index (χ2n) is 11.4. The van der Waals surface area contributed by atoms with E-state index in [-0.39, 0.29) is 6.09 Å². The quantitative estimate of drug-likeness (QED) is 0.316. The number of anilines is 2. The number of hydrogen-bond acceptors (Lipinski definition) is 8. The smallest absolute Gasteiger partial charge is 0.410 e. The number of amides is 1. The van der Waals surface area contributed by atoms with Crippen LogP contribution in [0.4, 0.5) is 20.7 Å². The van der Waals surface area contributed by atoms with Crippen molar-refractivity contribution >= 4 is 44.4 Å². The van der Waals surface area contributed by atoms with E-state index in [2.05, 4.69) is 36.1 Å². The van der Waals surface area contributed by atoms with Crippen molar-refractivity contribution in [3.05, 3.63) is 46.9 Å². The summed E-state index contributed by atoms with van der Waals surface area (Å²) in [4.78, 5) is 25.4. The van der Waals surface area contributed by atoms with Crippen LogP contribution in [0.1, 0.15) is 27.2 Å². The summed E-state index contributed by atoms with van der Waals surface area (Å²) in [6.45, 7) is 10.6. The molecule has 11 heteroatoms. The first-order valence-corrected chi connectivity index (χ1v) is 14.3. The zero-order valence-corrected chi connectivity index (χ0v) is 24.8. The molecule has 3 heterocycles. The lowest BCUT2D eigenvalue weighted by molar-refractivity contribution is 0.0274. The van der Waals surface area contributed by atoms with Gasteiger partial charge in [0.25, 0.3) is 0 Å². The minimum atomic E-state index is -0.475. The van der Waals surface area contributed by atoms with Crippen LogP contribution >= 0.6 is 15.9 Å². The number of nitrogens with one attached hydrogen (secondary N) is 1. The number of rotatable bonds is 8. The molecule has 40 heavy (non-hydrogen) atoms. The molecule has 1 N–H and O–H groups in total. The van der Waals surface area contributed by atoms with Gasteiger partial charge in [0.1, 0.15) is 23.6 Å². The number of nitrogens with zero attached hydrogens (tertiary/aromatic N) is 4. The Kier molecular flexibility index (Phi) is 8.32. The number of likely N-dealkylation sites (tertiary alicyclic amines) is 2. The van der Waals surface area contributed by atoms with Crippen molar-refractivity contribution in [2.24, 2.45) is 11.8 Å². The van der Waals surface area contributed by atoms with E-state index in [1.54, 1.807) is 25.3 Å². The summed E-state index contributed by atoms with van der Waals surface area (Å²) in [5.41, 5.74) is 0.492. The number of benzene rings is 2. The van der Waals surface area contributed by atoms with Gasteiger partial charge in [-0.1, -0.05) is 15.9 Å². The number of carbonyl (C=O) groups excluding carboxylic acids is 1. The summed E-state index contributed by atoms with van der Waals surface area (Å²) >= 11 is 3.28. The summed E-state index contributed by atoms with van der Waals surface area (Å²) in [6, 6.07) is 8.44. The molecule has 2 unspecified atom stereocenters. The average Bonchev–Trinajstić information content (AvgIpc) is 3.46. The number of carbonyl (C=O) groups is 1. The molecule has 2 saturated heterocycles. The van der Waals surface area contributed by atoms with Crippen molar-refractivity contribution in [2.75, 3.05) is 51.8 Å². The number of halogens is 2. The van der Waals surface area contributed by atoms with E-state index in [4.69, 9.17) is 14.2 Å². The molecule has 0 bridgehead atoms. The largest absolute Gasteiger partial charge is 0.493 e. The number of ether oxygens (including phenoxy) is 3. The Balaban J connectivity index is 1.17. The third-order valence-electron chi connectivity index (χ3n) is 7.19. The van der Waals surface area contributed by atoms with E-state index in [1.807, 2.05) is 31.7 Å². The number of aromatic nitrogens is 2. The molecule has 2 aromatic carbocycles. The Morgan fingerprint density at radius 2 is 1.85 bits per heavy atom. The standard InChI is InChI=1S/C29H35BrFN5O4/c1-29(2,3)40-28(37)36-15-18-13-35(14-19(18)16-36)8-5-9-39-26-11-21-24(12-25(26)38-4)32-17-33-27(21)34-23-7-6-20(30)10-22(23)31/h6-7,10-12,17-19H,5,8-9,13-16H2,1-4H3,(H,32,33,34). The fraction of sp³-hybridized carbons (Fsp3) is 0.483. The molecule has 0 spiro atoms. The van der Waals surface area contributed by atoms with Gasteiger partial charge < -0.3 is 29.3 Å². The summed E-state index contributed by atoms with van der Waals surface area (Å²) in [5.74, 6) is 2.20. The predicted octanol–water partition coefficient (Wildman–Crippen LogP) is 5.85. The Morgan fingerprint density at radius 1 is 1.10 bits per heavy atom. The maximum atomic E-state index is 14.4. The summed E-state index contributed by atoms with van der Waals surface area (Å²) in [7, 11) is 1.59. The Labute approximate surface area is 242 Å². The SMILES string of the molecule is COc1cc2ncnc(Nc3ccc(Br)cc3F)c2cc1OCCCN1CC2CN(C(=O)OC(C)(C)C)CC2C1. The highest BCUT2D eigenvalue weighted by Crippen LogP contribution is 2.36. The van der Waals surface area contributed by atoms with Crippen LogP contribution in [0, 0.1) is 17.7 Å². The average molecular weight is 617 g/mol. The van der Waals surface area contributed by atoms with Crippen LogP contribution in [0.5, 0.6) is 11.5 Å². The molecule has 2 atom stereocenters. The van der Waals surface area contributed by atoms with Gasteiger partial charge in [0, 0.05) is 48.6 Å². The van der Waals surface area contributed by atoms with E-state index >= 15 is 0 Å². The minimum absolute atomic E-state index is 0.211. The maximum absolute atomic E-state index is 14.4. The van der Waals surface area contributed by atoms with Crippen molar-refractivity contribution in [3.8, 4) is 11.5 Å². The van der Waals surface area contributed by atoms with E-state index < -0.39 is 11.4 Å². The van der Waals surface area contributed by atoms with Crippen LogP contribution in [-0.2, 0) is 4.74 Å². The van der Waals surface area contributed by atoms with Crippen molar-refractivity contribution in [1.82, 2.24) is 19.8 Å². The van der Waals surface area contributed by atoms with Crippen LogP contribution in [-0.4, -0.2) is 77.9 Å². The lowest BCUT2D eigenvalue weighted by Crippen LogP contribution is -2.37. The van der Waals surface area contributed by atoms with Crippen LogP contribution in [0.2, 0.25) is 0 Å². The lowest BCUT2D eigenvalue weighted by atomic mass is 10.0. The second-order valence-corrected chi connectivity index (χ2v) is 12.3. The third-order valence-corrected chi connectivity index (χ3v) is 7.69. The fourth-order valence-corrected chi connectivity index (χ4v) is 5.71. The predicted molar refractivity (Wildman–Crippen MR) is 155 cm³/mol. The summed E-state index contributed by atoms with van der Waals surface area (Å²) in [5, 5.41) is 3.77. The van der Waals surface area contributed by atoms with Gasteiger partial charge in [0.2, 0.25) is 0 Å². The first-order valence-electron chi connectivity index (χ1n) is 13.5. The van der Waals surface area contributed by atoms with Gasteiger partial charge in [-0.15, -0.1) is 0 Å². The van der Waals surface area contributed by atoms with Gasteiger partial charge in [-0.3, -0.25) is 0 Å². The number of fused-ring (bicyclic) bond motifs is 2. The van der Waals surface area contributed by atoms with Gasteiger partial charge in [-0.05, 0) is 63.3 Å². The van der Waals surface area contributed by atoms with Gasteiger partial charge >= 0.3 is 6.09 Å². The summed E-state index contributed by atoms with van der Waals surface area (Å²) < 4.78 is 32.4. The van der Waals surface area contributed by atoms with E-state index in [1.165, 1.54) is 12.4 Å². The molecule has 2 aliphatic heterocycles. The van der Waals surface area contributed by atoms with Gasteiger partial charge in [-0.2, -0.15) is 0 Å². The van der Waals surface area contributed by atoms with Gasteiger partial charge in [0.15, 0.2) is 11.5 Å². The molecule has 3 aromatic rings. The van der Waals surface area contributed by atoms with Gasteiger partial charge in [-0.25, -0.2) is 19.2 Å². The van der Waals surface area contributed by atoms with Crippen LogP contribution < -0.4 is 14.8 Å². The zero-order chi connectivity index (χ0) is 28.4. The van der Waals surface area contributed by atoms with Crippen LogP contribution in [0.15, 0.2) is 41.1 Å². The maximum Gasteiger partial charge on any atom is 0.410 e. The molecule has 2 aliphatic rings. The van der Waals surface area contributed by atoms with Crippen molar-refractivity contribution in [2.45, 2.75) is 32.8 Å². The van der Waals surface area contributed by atoms with Crippen molar-refractivity contribution in [1.29, 1.82) is 0 Å². The number of methoxy groups -OCH3 is 1. The highest BCUT2D eigenvalue weighted by Gasteiger charge is 2.42. The van der Waals surface area contributed by atoms with E-state index in [0.717, 1.165) is 39.1 Å². The molecular weight excluding hydrogens is 581 g/mol. The van der Waals surface area contributed by atoms with Crippen LogP contribution in [0.25, 0.3) is 10.9 Å². The molecule has 1 aromatic heterocycles. The minimum Gasteiger partial charge on any atom is -0.493 e. The zero-order valence-electron chi connectivity index (χ0n) is 23.2. The molecular formula is C29H35BrFN5O4. The highest BCUT2D eigenvalue weighted by atomic mass is 79.9. The fourth-order valence-electron chi connectivity index (χ4n) is 5.37. The Bertz CT molecular complexity index is 1370. The van der Waals surface area contributed by atoms with Crippen LogP contribution in [0.3, 0.4) is 0 Å².